The molecule has 1 heterocycles. The van der Waals surface area contributed by atoms with Gasteiger partial charge in [0.05, 0.1) is 0 Å². The van der Waals surface area contributed by atoms with Crippen LogP contribution in [0.4, 0.5) is 0 Å². The summed E-state index contributed by atoms with van der Waals surface area (Å²) >= 11 is 0. The zero-order valence-corrected chi connectivity index (χ0v) is 7.44. The van der Waals surface area contributed by atoms with Crippen LogP contribution in [0.2, 0.25) is 0 Å². The Balaban J connectivity index is 2.48. The predicted molar refractivity (Wildman–Crippen MR) is 50.4 cm³/mol. The number of aromatic nitrogens is 1. The third-order valence-electron chi connectivity index (χ3n) is 1.52. The highest BCUT2D eigenvalue weighted by Crippen LogP contribution is 1.94. The van der Waals surface area contributed by atoms with Gasteiger partial charge >= 0.3 is 0 Å². The van der Waals surface area contributed by atoms with Gasteiger partial charge in [-0.05, 0) is 11.6 Å². The molecule has 0 fully saturated rings. The molecule has 0 aliphatic heterocycles. The molecule has 0 aliphatic carbocycles. The van der Waals surface area contributed by atoms with Crippen molar-refractivity contribution in [3.63, 3.8) is 0 Å². The Morgan fingerprint density at radius 1 is 1.50 bits per heavy atom. The number of hydrogen-bond donors (Lipinski definition) is 1. The number of pyridine rings is 1. The zero-order valence-electron chi connectivity index (χ0n) is 7.44. The summed E-state index contributed by atoms with van der Waals surface area (Å²) in [5, 5.41) is 19.7. The quantitative estimate of drug-likeness (QED) is 0.714. The van der Waals surface area contributed by atoms with Gasteiger partial charge in [0, 0.05) is 25.1 Å². The van der Waals surface area contributed by atoms with Crippen LogP contribution in [0.15, 0.2) is 36.3 Å². The molecule has 1 aromatic rings. The SMILES string of the molecule is N#CC(C#N)=CNCc1cccnc1. The molecule has 1 rings (SSSR count). The minimum Gasteiger partial charge on any atom is -0.385 e. The van der Waals surface area contributed by atoms with Crippen molar-refractivity contribution in [2.75, 3.05) is 0 Å². The largest absolute Gasteiger partial charge is 0.385 e. The summed E-state index contributed by atoms with van der Waals surface area (Å²) < 4.78 is 0. The average molecular weight is 184 g/mol. The van der Waals surface area contributed by atoms with Gasteiger partial charge in [0.1, 0.15) is 17.7 Å². The molecule has 4 heteroatoms. The molecule has 0 saturated carbocycles. The molecule has 1 aromatic heterocycles. The van der Waals surface area contributed by atoms with Gasteiger partial charge in [-0.15, -0.1) is 0 Å². The number of rotatable bonds is 3. The van der Waals surface area contributed by atoms with Crippen LogP contribution in [0.3, 0.4) is 0 Å². The normalized spacial score (nSPS) is 8.14. The Kier molecular flexibility index (Phi) is 3.72. The monoisotopic (exact) mass is 184 g/mol. The fourth-order valence-corrected chi connectivity index (χ4v) is 0.863. The van der Waals surface area contributed by atoms with Crippen LogP contribution in [-0.2, 0) is 6.54 Å². The van der Waals surface area contributed by atoms with E-state index >= 15 is 0 Å². The molecule has 0 atom stereocenters. The van der Waals surface area contributed by atoms with Crippen molar-refractivity contribution in [1.29, 1.82) is 10.5 Å². The second-order valence-corrected chi connectivity index (χ2v) is 2.52. The minimum absolute atomic E-state index is 0.0638. The third kappa shape index (κ3) is 2.96. The van der Waals surface area contributed by atoms with E-state index in [1.807, 2.05) is 12.1 Å². The molecule has 14 heavy (non-hydrogen) atoms. The van der Waals surface area contributed by atoms with E-state index in [4.69, 9.17) is 10.5 Å². The van der Waals surface area contributed by atoms with Gasteiger partial charge in [-0.3, -0.25) is 4.98 Å². The zero-order chi connectivity index (χ0) is 10.2. The highest BCUT2D eigenvalue weighted by molar-refractivity contribution is 5.34. The Hall–Kier alpha value is -2.33. The van der Waals surface area contributed by atoms with Crippen molar-refractivity contribution in [2.45, 2.75) is 6.54 Å². The van der Waals surface area contributed by atoms with E-state index in [2.05, 4.69) is 10.3 Å². The van der Waals surface area contributed by atoms with Crippen LogP contribution in [0.1, 0.15) is 5.56 Å². The van der Waals surface area contributed by atoms with Crippen molar-refractivity contribution in [3.05, 3.63) is 41.9 Å². The fraction of sp³-hybridized carbons (Fsp3) is 0.100. The fourth-order valence-electron chi connectivity index (χ4n) is 0.863. The van der Waals surface area contributed by atoms with Crippen molar-refractivity contribution in [3.8, 4) is 12.1 Å². The first-order valence-electron chi connectivity index (χ1n) is 3.99. The number of nitrogens with zero attached hydrogens (tertiary/aromatic N) is 3. The Labute approximate surface area is 82.1 Å². The molecule has 0 spiro atoms. The maximum absolute atomic E-state index is 8.43. The summed E-state index contributed by atoms with van der Waals surface area (Å²) in [6, 6.07) is 7.26. The molecule has 0 unspecified atom stereocenters. The molecule has 0 aromatic carbocycles. The van der Waals surface area contributed by atoms with Gasteiger partial charge in [0.25, 0.3) is 0 Å². The Morgan fingerprint density at radius 3 is 2.86 bits per heavy atom. The van der Waals surface area contributed by atoms with E-state index in [0.29, 0.717) is 6.54 Å². The smallest absolute Gasteiger partial charge is 0.145 e. The summed E-state index contributed by atoms with van der Waals surface area (Å²) in [5.74, 6) is 0. The second kappa shape index (κ2) is 5.34. The van der Waals surface area contributed by atoms with E-state index < -0.39 is 0 Å². The standard InChI is InChI=1S/C10H8N4/c11-4-10(5-12)8-14-7-9-2-1-3-13-6-9/h1-3,6,8,14H,7H2. The first-order valence-corrected chi connectivity index (χ1v) is 3.99. The van der Waals surface area contributed by atoms with Gasteiger partial charge < -0.3 is 5.32 Å². The molecule has 68 valence electrons. The van der Waals surface area contributed by atoms with E-state index in [1.54, 1.807) is 24.5 Å². The van der Waals surface area contributed by atoms with Crippen molar-refractivity contribution in [1.82, 2.24) is 10.3 Å². The molecule has 4 nitrogen and oxygen atoms in total. The highest BCUT2D eigenvalue weighted by Gasteiger charge is 1.91. The van der Waals surface area contributed by atoms with Gasteiger partial charge in [-0.25, -0.2) is 0 Å². The molecule has 0 amide bonds. The van der Waals surface area contributed by atoms with E-state index in [9.17, 15) is 0 Å². The minimum atomic E-state index is 0.0638. The number of nitrogens with one attached hydrogen (secondary N) is 1. The molecule has 0 aliphatic rings. The summed E-state index contributed by atoms with van der Waals surface area (Å²) in [4.78, 5) is 3.93. The Bertz CT molecular complexity index is 378. The Morgan fingerprint density at radius 2 is 2.29 bits per heavy atom. The van der Waals surface area contributed by atoms with Crippen LogP contribution in [0.25, 0.3) is 0 Å². The lowest BCUT2D eigenvalue weighted by Crippen LogP contribution is -2.05. The van der Waals surface area contributed by atoms with E-state index in [0.717, 1.165) is 5.56 Å². The summed E-state index contributed by atoms with van der Waals surface area (Å²) in [7, 11) is 0. The van der Waals surface area contributed by atoms with Gasteiger partial charge in [-0.1, -0.05) is 6.07 Å². The van der Waals surface area contributed by atoms with Crippen molar-refractivity contribution < 1.29 is 0 Å². The summed E-state index contributed by atoms with van der Waals surface area (Å²) in [5.41, 5.74) is 1.06. The molecule has 0 saturated heterocycles. The maximum atomic E-state index is 8.43. The van der Waals surface area contributed by atoms with Crippen LogP contribution in [0, 0.1) is 22.7 Å². The summed E-state index contributed by atoms with van der Waals surface area (Å²) in [6.07, 6.45) is 4.81. The summed E-state index contributed by atoms with van der Waals surface area (Å²) in [6.45, 7) is 0.556. The number of nitriles is 2. The second-order valence-electron chi connectivity index (χ2n) is 2.52. The molecule has 0 bridgehead atoms. The first-order chi connectivity index (χ1) is 6.86. The van der Waals surface area contributed by atoms with E-state index in [-0.39, 0.29) is 5.57 Å². The lowest BCUT2D eigenvalue weighted by atomic mass is 10.3. The number of hydrogen-bond acceptors (Lipinski definition) is 4. The highest BCUT2D eigenvalue weighted by atomic mass is 14.8. The molecule has 0 radical (unpaired) electrons. The van der Waals surface area contributed by atoms with Gasteiger partial charge in [0.2, 0.25) is 0 Å². The first kappa shape index (κ1) is 9.76. The van der Waals surface area contributed by atoms with Gasteiger partial charge in [0.15, 0.2) is 0 Å². The number of allylic oxidation sites excluding steroid dienone is 1. The van der Waals surface area contributed by atoms with E-state index in [1.165, 1.54) is 6.20 Å². The average Bonchev–Trinajstić information content (AvgIpc) is 2.26. The lowest BCUT2D eigenvalue weighted by molar-refractivity contribution is 0.860. The van der Waals surface area contributed by atoms with Crippen LogP contribution < -0.4 is 5.32 Å². The van der Waals surface area contributed by atoms with Gasteiger partial charge in [-0.2, -0.15) is 10.5 Å². The maximum Gasteiger partial charge on any atom is 0.145 e. The van der Waals surface area contributed by atoms with Crippen LogP contribution in [-0.4, -0.2) is 4.98 Å². The van der Waals surface area contributed by atoms with Crippen molar-refractivity contribution >= 4 is 0 Å². The molecule has 1 N–H and O–H groups in total. The van der Waals surface area contributed by atoms with Crippen LogP contribution >= 0.6 is 0 Å². The predicted octanol–water partition coefficient (Wildman–Crippen LogP) is 1.10. The molecular formula is C10H8N4. The lowest BCUT2D eigenvalue weighted by Gasteiger charge is -1.98. The topological polar surface area (TPSA) is 72.5 Å². The van der Waals surface area contributed by atoms with Crippen LogP contribution in [0.5, 0.6) is 0 Å². The third-order valence-corrected chi connectivity index (χ3v) is 1.52. The molecular weight excluding hydrogens is 176 g/mol. The van der Waals surface area contributed by atoms with Crippen molar-refractivity contribution in [2.24, 2.45) is 0 Å².